The molecular formula is C24H27NO4. The lowest BCUT2D eigenvalue weighted by Gasteiger charge is -2.41. The van der Waals surface area contributed by atoms with Crippen molar-refractivity contribution in [3.05, 3.63) is 34.9 Å². The van der Waals surface area contributed by atoms with Crippen LogP contribution in [0.2, 0.25) is 0 Å². The average Bonchev–Trinajstić information content (AvgIpc) is 3.15. The van der Waals surface area contributed by atoms with Gasteiger partial charge in [0, 0.05) is 18.2 Å². The molecular weight excluding hydrogens is 366 g/mol. The smallest absolute Gasteiger partial charge is 0.231 e. The van der Waals surface area contributed by atoms with E-state index in [1.54, 1.807) is 7.11 Å². The number of rotatable bonds is 4. The lowest BCUT2D eigenvalue weighted by molar-refractivity contribution is 0.174. The molecule has 2 aliphatic heterocycles. The molecule has 152 valence electrons. The predicted octanol–water partition coefficient (Wildman–Crippen LogP) is 4.35. The van der Waals surface area contributed by atoms with Gasteiger partial charge in [0.2, 0.25) is 6.79 Å². The highest BCUT2D eigenvalue weighted by Crippen LogP contribution is 2.54. The minimum absolute atomic E-state index is 0.294. The number of hydrogen-bond acceptors (Lipinski definition) is 5. The summed E-state index contributed by atoms with van der Waals surface area (Å²) in [6.07, 6.45) is 5.87. The molecule has 6 rings (SSSR count). The normalized spacial score (nSPS) is 21.9. The molecule has 4 aliphatic rings. The lowest BCUT2D eigenvalue weighted by Crippen LogP contribution is -2.35. The van der Waals surface area contributed by atoms with E-state index in [0.717, 1.165) is 49.0 Å². The van der Waals surface area contributed by atoms with Crippen LogP contribution in [0.3, 0.4) is 0 Å². The Balaban J connectivity index is 1.56. The Kier molecular flexibility index (Phi) is 3.95. The van der Waals surface area contributed by atoms with Crippen molar-refractivity contribution in [2.24, 2.45) is 5.92 Å². The number of benzene rings is 2. The topological polar surface area (TPSA) is 40.2 Å². The Morgan fingerprint density at radius 2 is 1.93 bits per heavy atom. The van der Waals surface area contributed by atoms with Crippen molar-refractivity contribution < 1.29 is 18.9 Å². The monoisotopic (exact) mass is 393 g/mol. The van der Waals surface area contributed by atoms with Crippen LogP contribution in [0.15, 0.2) is 18.2 Å². The zero-order chi connectivity index (χ0) is 19.5. The first-order chi connectivity index (χ1) is 14.2. The predicted molar refractivity (Wildman–Crippen MR) is 110 cm³/mol. The first-order valence-electron chi connectivity index (χ1n) is 10.7. The summed E-state index contributed by atoms with van der Waals surface area (Å²) in [5, 5.41) is 0. The van der Waals surface area contributed by atoms with Crippen molar-refractivity contribution in [2.75, 3.05) is 34.1 Å². The largest absolute Gasteiger partial charge is 0.493 e. The van der Waals surface area contributed by atoms with Gasteiger partial charge >= 0.3 is 0 Å². The van der Waals surface area contributed by atoms with E-state index in [1.165, 1.54) is 47.1 Å². The molecule has 0 radical (unpaired) electrons. The Hall–Kier alpha value is -2.40. The molecule has 0 spiro atoms. The number of hydrogen-bond donors (Lipinski definition) is 0. The molecule has 2 aromatic carbocycles. The second-order valence-electron chi connectivity index (χ2n) is 8.78. The standard InChI is InChI=1S/C24H27NO4/c1-25-7-6-15-9-21(26-2)24(27-12-14-4-3-5-14)23-17-11-20-19(28-13-29-20)10-16(17)8-18(25)22(15)23/h9-11,14,18H,3-8,12-13H2,1-2H3. The zero-order valence-corrected chi connectivity index (χ0v) is 17.1. The highest BCUT2D eigenvalue weighted by molar-refractivity contribution is 5.85. The van der Waals surface area contributed by atoms with Crippen molar-refractivity contribution in [1.29, 1.82) is 0 Å². The van der Waals surface area contributed by atoms with Gasteiger partial charge < -0.3 is 18.9 Å². The summed E-state index contributed by atoms with van der Waals surface area (Å²) in [5.41, 5.74) is 6.51. The van der Waals surface area contributed by atoms with Gasteiger partial charge in [-0.25, -0.2) is 0 Å². The van der Waals surface area contributed by atoms with Crippen LogP contribution >= 0.6 is 0 Å². The average molecular weight is 393 g/mol. The van der Waals surface area contributed by atoms with E-state index in [0.29, 0.717) is 18.8 Å². The molecule has 1 unspecified atom stereocenters. The van der Waals surface area contributed by atoms with E-state index in [9.17, 15) is 0 Å². The molecule has 0 amide bonds. The molecule has 0 aromatic heterocycles. The first kappa shape index (κ1) is 17.5. The number of ether oxygens (including phenoxy) is 4. The van der Waals surface area contributed by atoms with Crippen LogP contribution in [0, 0.1) is 5.92 Å². The van der Waals surface area contributed by atoms with Crippen molar-refractivity contribution in [2.45, 2.75) is 38.1 Å². The molecule has 0 saturated heterocycles. The van der Waals surface area contributed by atoms with E-state index in [4.69, 9.17) is 18.9 Å². The second-order valence-corrected chi connectivity index (χ2v) is 8.78. The third-order valence-electron chi connectivity index (χ3n) is 7.16. The molecule has 1 atom stereocenters. The zero-order valence-electron chi connectivity index (χ0n) is 17.1. The van der Waals surface area contributed by atoms with Crippen molar-refractivity contribution in [1.82, 2.24) is 4.90 Å². The van der Waals surface area contributed by atoms with Crippen LogP contribution in [0.5, 0.6) is 23.0 Å². The van der Waals surface area contributed by atoms with E-state index >= 15 is 0 Å². The number of nitrogens with zero attached hydrogens (tertiary/aromatic N) is 1. The fourth-order valence-corrected chi connectivity index (χ4v) is 5.24. The van der Waals surface area contributed by atoms with Crippen molar-refractivity contribution in [3.63, 3.8) is 0 Å². The second kappa shape index (κ2) is 6.56. The third kappa shape index (κ3) is 2.63. The number of fused-ring (bicyclic) bond motifs is 3. The summed E-state index contributed by atoms with van der Waals surface area (Å²) >= 11 is 0. The van der Waals surface area contributed by atoms with Crippen LogP contribution in [0.25, 0.3) is 11.1 Å². The molecule has 1 saturated carbocycles. The number of methoxy groups -OCH3 is 1. The summed E-state index contributed by atoms with van der Waals surface area (Å²) in [7, 11) is 3.98. The molecule has 2 aromatic rings. The van der Waals surface area contributed by atoms with Gasteiger partial charge in [0.1, 0.15) is 0 Å². The maximum atomic E-state index is 6.50. The third-order valence-corrected chi connectivity index (χ3v) is 7.16. The summed E-state index contributed by atoms with van der Waals surface area (Å²) in [6, 6.07) is 6.89. The van der Waals surface area contributed by atoms with Gasteiger partial charge in [-0.15, -0.1) is 0 Å². The minimum atomic E-state index is 0.294. The van der Waals surface area contributed by atoms with Crippen molar-refractivity contribution >= 4 is 0 Å². The highest BCUT2D eigenvalue weighted by Gasteiger charge is 2.37. The Morgan fingerprint density at radius 3 is 2.69 bits per heavy atom. The maximum Gasteiger partial charge on any atom is 0.231 e. The Labute approximate surface area is 171 Å². The quantitative estimate of drug-likeness (QED) is 0.772. The van der Waals surface area contributed by atoms with E-state index in [-0.39, 0.29) is 0 Å². The molecule has 5 nitrogen and oxygen atoms in total. The Morgan fingerprint density at radius 1 is 1.10 bits per heavy atom. The molecule has 29 heavy (non-hydrogen) atoms. The fraction of sp³-hybridized carbons (Fsp3) is 0.500. The number of likely N-dealkylation sites (N-methyl/N-ethyl adjacent to an activating group) is 1. The minimum Gasteiger partial charge on any atom is -0.493 e. The van der Waals surface area contributed by atoms with Gasteiger partial charge in [-0.2, -0.15) is 0 Å². The first-order valence-corrected chi connectivity index (χ1v) is 10.7. The fourth-order valence-electron chi connectivity index (χ4n) is 5.24. The van der Waals surface area contributed by atoms with E-state index in [2.05, 4.69) is 30.1 Å². The molecule has 1 fully saturated rings. The van der Waals surface area contributed by atoms with E-state index in [1.807, 2.05) is 0 Å². The van der Waals surface area contributed by atoms with Crippen LogP contribution < -0.4 is 18.9 Å². The molecule has 2 heterocycles. The summed E-state index contributed by atoms with van der Waals surface area (Å²) in [4.78, 5) is 2.47. The highest BCUT2D eigenvalue weighted by atomic mass is 16.7. The van der Waals surface area contributed by atoms with Gasteiger partial charge in [-0.3, -0.25) is 4.90 Å². The summed E-state index contributed by atoms with van der Waals surface area (Å²) in [6.45, 7) is 2.12. The summed E-state index contributed by atoms with van der Waals surface area (Å²) < 4.78 is 23.7. The van der Waals surface area contributed by atoms with E-state index < -0.39 is 0 Å². The van der Waals surface area contributed by atoms with Crippen LogP contribution in [-0.4, -0.2) is 39.0 Å². The SMILES string of the molecule is COc1cc2c3c(c1OCC1CCC1)-c1cc4c(cc1CC3N(C)CC2)OCO4. The lowest BCUT2D eigenvalue weighted by atomic mass is 9.76. The van der Waals surface area contributed by atoms with Crippen molar-refractivity contribution in [3.8, 4) is 34.1 Å². The molecule has 0 bridgehead atoms. The summed E-state index contributed by atoms with van der Waals surface area (Å²) in [5.74, 6) is 4.10. The molecule has 0 N–H and O–H groups in total. The maximum absolute atomic E-state index is 6.50. The van der Waals surface area contributed by atoms with Gasteiger partial charge in [-0.05, 0) is 79.1 Å². The van der Waals surface area contributed by atoms with Gasteiger partial charge in [0.05, 0.1) is 13.7 Å². The van der Waals surface area contributed by atoms with Crippen LogP contribution in [0.4, 0.5) is 0 Å². The van der Waals surface area contributed by atoms with Gasteiger partial charge in [0.15, 0.2) is 23.0 Å². The van der Waals surface area contributed by atoms with Gasteiger partial charge in [0.25, 0.3) is 0 Å². The molecule has 5 heteroatoms. The Bertz CT molecular complexity index is 982. The van der Waals surface area contributed by atoms with Crippen LogP contribution in [0.1, 0.15) is 42.0 Å². The van der Waals surface area contributed by atoms with Gasteiger partial charge in [-0.1, -0.05) is 6.42 Å². The molecule has 2 aliphatic carbocycles. The van der Waals surface area contributed by atoms with Crippen LogP contribution in [-0.2, 0) is 12.8 Å².